The number of pyridine rings is 1. The molecule has 0 spiro atoms. The summed E-state index contributed by atoms with van der Waals surface area (Å²) < 4.78 is 10.8. The first-order chi connectivity index (χ1) is 14.9. The second kappa shape index (κ2) is 8.89. The lowest BCUT2D eigenvalue weighted by Gasteiger charge is -2.37. The highest BCUT2D eigenvalue weighted by molar-refractivity contribution is 5.94. The van der Waals surface area contributed by atoms with Crippen molar-refractivity contribution in [3.05, 3.63) is 65.3 Å². The number of carbonyl (C=O) groups excluding carboxylic acids is 1. The van der Waals surface area contributed by atoms with E-state index in [4.69, 9.17) is 9.26 Å². The highest BCUT2D eigenvalue weighted by Crippen LogP contribution is 2.30. The Bertz CT molecular complexity index is 1070. The summed E-state index contributed by atoms with van der Waals surface area (Å²) in [5.41, 5.74) is 6.30. The first-order valence-corrected chi connectivity index (χ1v) is 10.6. The summed E-state index contributed by atoms with van der Waals surface area (Å²) in [5.74, 6) is -0.199. The molecule has 4 rings (SSSR count). The lowest BCUT2D eigenvalue weighted by atomic mass is 9.98. The van der Waals surface area contributed by atoms with Crippen LogP contribution in [0.15, 0.2) is 47.3 Å². The summed E-state index contributed by atoms with van der Waals surface area (Å²) in [6.45, 7) is 9.99. The van der Waals surface area contributed by atoms with Crippen LogP contribution in [0.25, 0.3) is 11.1 Å². The molecule has 0 saturated carbocycles. The van der Waals surface area contributed by atoms with Crippen LogP contribution in [-0.4, -0.2) is 41.3 Å². The number of hydrogen-bond donors (Lipinski definition) is 1. The van der Waals surface area contributed by atoms with Gasteiger partial charge in [-0.1, -0.05) is 11.2 Å². The van der Waals surface area contributed by atoms with Gasteiger partial charge >= 0.3 is 0 Å². The van der Waals surface area contributed by atoms with Gasteiger partial charge in [-0.2, -0.15) is 0 Å². The Morgan fingerprint density at radius 1 is 1.16 bits per heavy atom. The molecule has 0 aliphatic carbocycles. The Morgan fingerprint density at radius 3 is 2.61 bits per heavy atom. The highest BCUT2D eigenvalue weighted by atomic mass is 16.5. The monoisotopic (exact) mass is 420 g/mol. The van der Waals surface area contributed by atoms with E-state index >= 15 is 0 Å². The third kappa shape index (κ3) is 4.77. The fourth-order valence-corrected chi connectivity index (χ4v) is 4.09. The van der Waals surface area contributed by atoms with Crippen LogP contribution in [0.1, 0.15) is 41.2 Å². The molecule has 2 atom stereocenters. The van der Waals surface area contributed by atoms with Crippen LogP contribution in [0.4, 0.5) is 5.69 Å². The second-order valence-electron chi connectivity index (χ2n) is 8.19. The zero-order valence-electron chi connectivity index (χ0n) is 18.4. The van der Waals surface area contributed by atoms with E-state index in [9.17, 15) is 4.79 Å². The number of benzene rings is 1. The number of nitrogens with one attached hydrogen (secondary N) is 1. The summed E-state index contributed by atoms with van der Waals surface area (Å²) in [4.78, 5) is 19.3. The van der Waals surface area contributed by atoms with E-state index in [1.807, 2.05) is 19.2 Å². The molecule has 3 aromatic rings. The molecule has 1 aliphatic heterocycles. The summed E-state index contributed by atoms with van der Waals surface area (Å²) in [7, 11) is 0. The standard InChI is InChI=1S/C24H28N4O3/c1-15-9-19(7-8-25-15)22-6-5-21(28-12-16(2)31-17(3)13-28)10-20(22)11-26-24(29)23-14-30-27-18(23)4/h5-10,14,16-17H,11-13H2,1-4H3,(H,26,29)/t16-,17+. The van der Waals surface area contributed by atoms with E-state index in [0.717, 1.165) is 41.2 Å². The maximum absolute atomic E-state index is 12.6. The fraction of sp³-hybridized carbons (Fsp3) is 0.375. The number of aryl methyl sites for hydroxylation is 2. The molecular weight excluding hydrogens is 392 g/mol. The molecular formula is C24H28N4O3. The number of carbonyl (C=O) groups is 1. The molecule has 7 nitrogen and oxygen atoms in total. The van der Waals surface area contributed by atoms with Gasteiger partial charge in [-0.15, -0.1) is 0 Å². The van der Waals surface area contributed by atoms with E-state index in [1.54, 1.807) is 6.92 Å². The molecule has 2 aromatic heterocycles. The van der Waals surface area contributed by atoms with Gasteiger partial charge in [-0.05, 0) is 68.7 Å². The Morgan fingerprint density at radius 2 is 1.94 bits per heavy atom. The van der Waals surface area contributed by atoms with E-state index in [1.165, 1.54) is 6.26 Å². The first-order valence-electron chi connectivity index (χ1n) is 10.6. The normalized spacial score (nSPS) is 18.8. The molecule has 1 fully saturated rings. The van der Waals surface area contributed by atoms with Crippen molar-refractivity contribution in [2.75, 3.05) is 18.0 Å². The molecule has 1 saturated heterocycles. The van der Waals surface area contributed by atoms with Gasteiger partial charge in [0.25, 0.3) is 5.91 Å². The van der Waals surface area contributed by atoms with Crippen molar-refractivity contribution in [3.8, 4) is 11.1 Å². The smallest absolute Gasteiger partial charge is 0.256 e. The van der Waals surface area contributed by atoms with Gasteiger partial charge < -0.3 is 19.5 Å². The van der Waals surface area contributed by atoms with Crippen molar-refractivity contribution in [2.45, 2.75) is 46.4 Å². The maximum atomic E-state index is 12.6. The summed E-state index contributed by atoms with van der Waals surface area (Å²) in [6, 6.07) is 10.5. The molecule has 1 aliphatic rings. The van der Waals surface area contributed by atoms with Crippen molar-refractivity contribution in [3.63, 3.8) is 0 Å². The van der Waals surface area contributed by atoms with E-state index in [-0.39, 0.29) is 18.1 Å². The van der Waals surface area contributed by atoms with Crippen LogP contribution in [0.5, 0.6) is 0 Å². The van der Waals surface area contributed by atoms with E-state index in [2.05, 4.69) is 58.5 Å². The maximum Gasteiger partial charge on any atom is 0.256 e. The van der Waals surface area contributed by atoms with Crippen LogP contribution >= 0.6 is 0 Å². The zero-order chi connectivity index (χ0) is 22.0. The molecule has 1 aromatic carbocycles. The summed E-state index contributed by atoms with van der Waals surface area (Å²) >= 11 is 0. The molecule has 0 bridgehead atoms. The molecule has 0 unspecified atom stereocenters. The average molecular weight is 421 g/mol. The molecule has 1 amide bonds. The van der Waals surface area contributed by atoms with Gasteiger partial charge in [0.1, 0.15) is 11.8 Å². The van der Waals surface area contributed by atoms with Gasteiger partial charge in [0.15, 0.2) is 0 Å². The molecule has 0 radical (unpaired) electrons. The van der Waals surface area contributed by atoms with Gasteiger partial charge in [0.2, 0.25) is 0 Å². The summed E-state index contributed by atoms with van der Waals surface area (Å²) in [6.07, 6.45) is 3.54. The summed E-state index contributed by atoms with van der Waals surface area (Å²) in [5, 5.41) is 6.81. The topological polar surface area (TPSA) is 80.5 Å². The number of anilines is 1. The highest BCUT2D eigenvalue weighted by Gasteiger charge is 2.23. The van der Waals surface area contributed by atoms with Gasteiger partial charge in [-0.25, -0.2) is 0 Å². The molecule has 162 valence electrons. The third-order valence-electron chi connectivity index (χ3n) is 5.52. The number of nitrogens with zero attached hydrogens (tertiary/aromatic N) is 3. The number of aromatic nitrogens is 2. The van der Waals surface area contributed by atoms with Gasteiger partial charge in [0.05, 0.1) is 17.9 Å². The Balaban J connectivity index is 1.65. The number of ether oxygens (including phenoxy) is 1. The molecule has 7 heteroatoms. The minimum absolute atomic E-state index is 0.172. The van der Waals surface area contributed by atoms with Gasteiger partial charge in [-0.3, -0.25) is 9.78 Å². The predicted octanol–water partition coefficient (Wildman–Crippen LogP) is 3.90. The third-order valence-corrected chi connectivity index (χ3v) is 5.52. The SMILES string of the molecule is Cc1cc(-c2ccc(N3C[C@@H](C)O[C@@H](C)C3)cc2CNC(=O)c2conc2C)ccn1. The molecule has 3 heterocycles. The van der Waals surface area contributed by atoms with Crippen molar-refractivity contribution in [1.29, 1.82) is 0 Å². The van der Waals surface area contributed by atoms with E-state index in [0.29, 0.717) is 17.8 Å². The van der Waals surface area contributed by atoms with E-state index < -0.39 is 0 Å². The Labute approximate surface area is 182 Å². The first kappa shape index (κ1) is 21.1. The predicted molar refractivity (Wildman–Crippen MR) is 119 cm³/mol. The van der Waals surface area contributed by atoms with Crippen LogP contribution in [0, 0.1) is 13.8 Å². The molecule has 31 heavy (non-hydrogen) atoms. The number of morpholine rings is 1. The molecule has 1 N–H and O–H groups in total. The minimum Gasteiger partial charge on any atom is -0.372 e. The van der Waals surface area contributed by atoms with Crippen molar-refractivity contribution < 1.29 is 14.1 Å². The van der Waals surface area contributed by atoms with Crippen LogP contribution in [-0.2, 0) is 11.3 Å². The number of amides is 1. The lowest BCUT2D eigenvalue weighted by molar-refractivity contribution is -0.00522. The quantitative estimate of drug-likeness (QED) is 0.674. The largest absolute Gasteiger partial charge is 0.372 e. The zero-order valence-corrected chi connectivity index (χ0v) is 18.4. The fourth-order valence-electron chi connectivity index (χ4n) is 4.09. The van der Waals surface area contributed by atoms with Crippen LogP contribution in [0.3, 0.4) is 0 Å². The van der Waals surface area contributed by atoms with Crippen molar-refractivity contribution in [2.24, 2.45) is 0 Å². The van der Waals surface area contributed by atoms with Crippen LogP contribution in [0.2, 0.25) is 0 Å². The Hall–Kier alpha value is -3.19. The van der Waals surface area contributed by atoms with Crippen molar-refractivity contribution >= 4 is 11.6 Å². The second-order valence-corrected chi connectivity index (χ2v) is 8.19. The lowest BCUT2D eigenvalue weighted by Crippen LogP contribution is -2.45. The number of rotatable bonds is 5. The average Bonchev–Trinajstić information content (AvgIpc) is 3.17. The van der Waals surface area contributed by atoms with Crippen molar-refractivity contribution in [1.82, 2.24) is 15.5 Å². The number of hydrogen-bond acceptors (Lipinski definition) is 6. The van der Waals surface area contributed by atoms with Crippen LogP contribution < -0.4 is 10.2 Å². The van der Waals surface area contributed by atoms with Gasteiger partial charge in [0, 0.05) is 37.2 Å². The Kier molecular flexibility index (Phi) is 6.04. The minimum atomic E-state index is -0.199.